The van der Waals surface area contributed by atoms with Gasteiger partial charge in [-0.2, -0.15) is 4.31 Å². The maximum absolute atomic E-state index is 14.0. The number of benzene rings is 3. The van der Waals surface area contributed by atoms with Crippen LogP contribution in [-0.4, -0.2) is 48.8 Å². The number of hydrogen-bond acceptors (Lipinski definition) is 4. The van der Waals surface area contributed by atoms with Gasteiger partial charge in [0.05, 0.1) is 12.8 Å². The van der Waals surface area contributed by atoms with Gasteiger partial charge in [0.2, 0.25) is 21.8 Å². The van der Waals surface area contributed by atoms with Gasteiger partial charge in [-0.05, 0) is 35.2 Å². The monoisotopic (exact) mass is 569 g/mol. The SMILES string of the molecule is CCCCCNC(=O)[C@H](c1ccccc1)N(Cc1ccc(Cl)cc1)C(=O)CN(Cc1ccccc1)S(C)(=O)=O. The fourth-order valence-corrected chi connectivity index (χ4v) is 5.08. The molecule has 9 heteroatoms. The number of amides is 2. The highest BCUT2D eigenvalue weighted by Crippen LogP contribution is 2.25. The molecule has 0 spiro atoms. The normalized spacial score (nSPS) is 12.2. The van der Waals surface area contributed by atoms with E-state index in [0.717, 1.165) is 41.0 Å². The molecule has 0 fully saturated rings. The quantitative estimate of drug-likeness (QED) is 0.271. The van der Waals surface area contributed by atoms with Gasteiger partial charge in [-0.15, -0.1) is 0 Å². The van der Waals surface area contributed by atoms with E-state index in [1.807, 2.05) is 48.5 Å². The molecule has 1 N–H and O–H groups in total. The molecule has 3 aromatic rings. The summed E-state index contributed by atoms with van der Waals surface area (Å²) in [6, 6.07) is 24.3. The number of carbonyl (C=O) groups excluding carboxylic acids is 2. The molecule has 208 valence electrons. The molecule has 3 rings (SSSR count). The average molecular weight is 570 g/mol. The van der Waals surface area contributed by atoms with Gasteiger partial charge in [0.25, 0.3) is 0 Å². The first-order chi connectivity index (χ1) is 18.7. The summed E-state index contributed by atoms with van der Waals surface area (Å²) >= 11 is 6.08. The van der Waals surface area contributed by atoms with Crippen molar-refractivity contribution in [3.63, 3.8) is 0 Å². The van der Waals surface area contributed by atoms with Crippen molar-refractivity contribution in [2.75, 3.05) is 19.3 Å². The number of nitrogens with zero attached hydrogens (tertiary/aromatic N) is 2. The lowest BCUT2D eigenvalue weighted by Crippen LogP contribution is -2.47. The molecule has 0 saturated heterocycles. The molecule has 39 heavy (non-hydrogen) atoms. The first-order valence-electron chi connectivity index (χ1n) is 13.0. The van der Waals surface area contributed by atoms with Crippen LogP contribution in [0.2, 0.25) is 5.02 Å². The first kappa shape index (κ1) is 30.3. The van der Waals surface area contributed by atoms with E-state index in [1.165, 1.54) is 4.90 Å². The first-order valence-corrected chi connectivity index (χ1v) is 15.3. The summed E-state index contributed by atoms with van der Waals surface area (Å²) in [5.74, 6) is -0.794. The Morgan fingerprint density at radius 2 is 1.44 bits per heavy atom. The highest BCUT2D eigenvalue weighted by Gasteiger charge is 2.33. The van der Waals surface area contributed by atoms with E-state index in [9.17, 15) is 18.0 Å². The predicted molar refractivity (Wildman–Crippen MR) is 155 cm³/mol. The summed E-state index contributed by atoms with van der Waals surface area (Å²) in [4.78, 5) is 29.0. The van der Waals surface area contributed by atoms with Crippen LogP contribution in [0.15, 0.2) is 84.9 Å². The molecule has 3 aromatic carbocycles. The van der Waals surface area contributed by atoms with Crippen LogP contribution in [0, 0.1) is 0 Å². The van der Waals surface area contributed by atoms with Crippen molar-refractivity contribution in [3.05, 3.63) is 107 Å². The summed E-state index contributed by atoms with van der Waals surface area (Å²) in [6.45, 7) is 2.31. The van der Waals surface area contributed by atoms with Crippen LogP contribution in [0.3, 0.4) is 0 Å². The lowest BCUT2D eigenvalue weighted by Gasteiger charge is -2.33. The third-order valence-corrected chi connectivity index (χ3v) is 7.77. The number of sulfonamides is 1. The number of carbonyl (C=O) groups is 2. The van der Waals surface area contributed by atoms with Crippen molar-refractivity contribution in [1.29, 1.82) is 0 Å². The lowest BCUT2D eigenvalue weighted by molar-refractivity contribution is -0.141. The summed E-state index contributed by atoms with van der Waals surface area (Å²) in [5.41, 5.74) is 2.16. The third-order valence-electron chi connectivity index (χ3n) is 6.32. The Kier molecular flexibility index (Phi) is 11.5. The predicted octanol–water partition coefficient (Wildman–Crippen LogP) is 5.18. The van der Waals surface area contributed by atoms with Crippen molar-refractivity contribution in [1.82, 2.24) is 14.5 Å². The summed E-state index contributed by atoms with van der Waals surface area (Å²) in [5, 5.41) is 3.54. The van der Waals surface area contributed by atoms with E-state index in [-0.39, 0.29) is 19.0 Å². The summed E-state index contributed by atoms with van der Waals surface area (Å²) in [6.07, 6.45) is 3.91. The summed E-state index contributed by atoms with van der Waals surface area (Å²) in [7, 11) is -3.73. The molecule has 0 saturated carbocycles. The van der Waals surface area contributed by atoms with Crippen LogP contribution in [-0.2, 0) is 32.7 Å². The van der Waals surface area contributed by atoms with Crippen LogP contribution in [0.5, 0.6) is 0 Å². The molecule has 0 aliphatic rings. The zero-order chi connectivity index (χ0) is 28.3. The van der Waals surface area contributed by atoms with Crippen molar-refractivity contribution < 1.29 is 18.0 Å². The van der Waals surface area contributed by atoms with E-state index >= 15 is 0 Å². The number of hydrogen-bond donors (Lipinski definition) is 1. The fourth-order valence-electron chi connectivity index (χ4n) is 4.22. The fraction of sp³-hybridized carbons (Fsp3) is 0.333. The van der Waals surface area contributed by atoms with Gasteiger partial charge in [-0.1, -0.05) is 104 Å². The van der Waals surface area contributed by atoms with Crippen LogP contribution < -0.4 is 5.32 Å². The maximum atomic E-state index is 14.0. The Morgan fingerprint density at radius 3 is 2.03 bits per heavy atom. The summed E-state index contributed by atoms with van der Waals surface area (Å²) < 4.78 is 26.6. The largest absolute Gasteiger partial charge is 0.354 e. The smallest absolute Gasteiger partial charge is 0.247 e. The van der Waals surface area contributed by atoms with Gasteiger partial charge in [0.1, 0.15) is 6.04 Å². The van der Waals surface area contributed by atoms with Gasteiger partial charge >= 0.3 is 0 Å². The highest BCUT2D eigenvalue weighted by molar-refractivity contribution is 7.88. The van der Waals surface area contributed by atoms with Gasteiger partial charge in [0, 0.05) is 24.7 Å². The van der Waals surface area contributed by atoms with Crippen molar-refractivity contribution >= 4 is 33.4 Å². The molecule has 0 radical (unpaired) electrons. The second kappa shape index (κ2) is 14.8. The molecule has 0 aliphatic carbocycles. The van der Waals surface area contributed by atoms with Crippen molar-refractivity contribution in [3.8, 4) is 0 Å². The number of nitrogens with one attached hydrogen (secondary N) is 1. The second-order valence-corrected chi connectivity index (χ2v) is 11.9. The molecule has 0 unspecified atom stereocenters. The minimum atomic E-state index is -3.73. The molecule has 0 heterocycles. The molecular formula is C30H36ClN3O4S. The highest BCUT2D eigenvalue weighted by atomic mass is 35.5. The molecular weight excluding hydrogens is 534 g/mol. The van der Waals surface area contributed by atoms with Crippen LogP contribution in [0.25, 0.3) is 0 Å². The molecule has 2 amide bonds. The Bertz CT molecular complexity index is 1300. The third kappa shape index (κ3) is 9.49. The van der Waals surface area contributed by atoms with Crippen molar-refractivity contribution in [2.45, 2.75) is 45.3 Å². The zero-order valence-electron chi connectivity index (χ0n) is 22.4. The Balaban J connectivity index is 1.98. The molecule has 0 aromatic heterocycles. The van der Waals surface area contributed by atoms with Crippen LogP contribution >= 0.6 is 11.6 Å². The molecule has 7 nitrogen and oxygen atoms in total. The minimum absolute atomic E-state index is 0.0411. The van der Waals surface area contributed by atoms with E-state index < -0.39 is 28.5 Å². The minimum Gasteiger partial charge on any atom is -0.354 e. The van der Waals surface area contributed by atoms with E-state index in [1.54, 1.807) is 36.4 Å². The van der Waals surface area contributed by atoms with E-state index in [0.29, 0.717) is 17.1 Å². The van der Waals surface area contributed by atoms with Crippen LogP contribution in [0.4, 0.5) is 0 Å². The molecule has 0 aliphatic heterocycles. The average Bonchev–Trinajstić information content (AvgIpc) is 2.92. The number of halogens is 1. The number of rotatable bonds is 14. The Hall–Kier alpha value is -3.20. The van der Waals surface area contributed by atoms with Gasteiger partial charge in [-0.3, -0.25) is 9.59 Å². The van der Waals surface area contributed by atoms with E-state index in [2.05, 4.69) is 12.2 Å². The van der Waals surface area contributed by atoms with Crippen LogP contribution in [0.1, 0.15) is 48.9 Å². The zero-order valence-corrected chi connectivity index (χ0v) is 24.0. The molecule has 0 bridgehead atoms. The topological polar surface area (TPSA) is 86.8 Å². The second-order valence-electron chi connectivity index (χ2n) is 9.48. The lowest BCUT2D eigenvalue weighted by atomic mass is 10.0. The molecule has 1 atom stereocenters. The van der Waals surface area contributed by atoms with Gasteiger partial charge < -0.3 is 10.2 Å². The number of unbranched alkanes of at least 4 members (excludes halogenated alkanes) is 2. The standard InChI is InChI=1S/C30H36ClN3O4S/c1-3-4-11-20-32-30(36)29(26-14-9-6-10-15-26)34(22-25-16-18-27(31)19-17-25)28(35)23-33(39(2,37)38)21-24-12-7-5-8-13-24/h5-10,12-19,29H,3-4,11,20-23H2,1-2H3,(H,32,36)/t29-/m0/s1. The van der Waals surface area contributed by atoms with Crippen molar-refractivity contribution in [2.24, 2.45) is 0 Å². The van der Waals surface area contributed by atoms with Gasteiger partial charge in [0.15, 0.2) is 0 Å². The van der Waals surface area contributed by atoms with Gasteiger partial charge in [-0.25, -0.2) is 8.42 Å². The Morgan fingerprint density at radius 1 is 0.846 bits per heavy atom. The Labute approximate surface area is 236 Å². The maximum Gasteiger partial charge on any atom is 0.247 e. The van der Waals surface area contributed by atoms with E-state index in [4.69, 9.17) is 11.6 Å².